The fourth-order valence-electron chi connectivity index (χ4n) is 2.38. The third-order valence-electron chi connectivity index (χ3n) is 3.51. The first-order valence-corrected chi connectivity index (χ1v) is 7.64. The van der Waals surface area contributed by atoms with E-state index in [2.05, 4.69) is 10.6 Å². The molecule has 0 unspecified atom stereocenters. The predicted molar refractivity (Wildman–Crippen MR) is 76.8 cm³/mol. The molecule has 3 N–H and O–H groups in total. The van der Waals surface area contributed by atoms with E-state index in [1.54, 1.807) is 6.92 Å². The third-order valence-corrected chi connectivity index (χ3v) is 3.51. The van der Waals surface area contributed by atoms with Gasteiger partial charge in [-0.1, -0.05) is 6.92 Å². The highest BCUT2D eigenvalue weighted by molar-refractivity contribution is 5.94. The molecule has 1 saturated heterocycles. The van der Waals surface area contributed by atoms with Crippen LogP contribution in [0.2, 0.25) is 0 Å². The van der Waals surface area contributed by atoms with Crippen molar-refractivity contribution < 1.29 is 24.0 Å². The molecule has 7 nitrogen and oxygen atoms in total. The van der Waals surface area contributed by atoms with E-state index < -0.39 is 6.03 Å². The molecule has 7 heteroatoms. The Labute approximate surface area is 125 Å². The normalized spacial score (nSPS) is 21.4. The Morgan fingerprint density at radius 3 is 2.43 bits per heavy atom. The first kappa shape index (κ1) is 17.4. The standard InChI is InChI=1S/C14H25N3O4/c1-3-7-15-14(20)16-12(18)10-17-8-5-11(6-9-17)13(19)21-4-2/h11H,3-10H2,1-2H3,(H2,15,16,18,20)/p+1. The molecular weight excluding hydrogens is 274 g/mol. The van der Waals surface area contributed by atoms with Crippen LogP contribution in [-0.2, 0) is 14.3 Å². The van der Waals surface area contributed by atoms with E-state index >= 15 is 0 Å². The average Bonchev–Trinajstić information content (AvgIpc) is 2.46. The van der Waals surface area contributed by atoms with Gasteiger partial charge in [-0.15, -0.1) is 0 Å². The highest BCUT2D eigenvalue weighted by Gasteiger charge is 2.29. The van der Waals surface area contributed by atoms with Gasteiger partial charge in [-0.25, -0.2) is 4.79 Å². The molecule has 0 aromatic carbocycles. The summed E-state index contributed by atoms with van der Waals surface area (Å²) in [6.45, 7) is 6.44. The fraction of sp³-hybridized carbons (Fsp3) is 0.786. The minimum absolute atomic E-state index is 0.0513. The number of urea groups is 1. The van der Waals surface area contributed by atoms with Gasteiger partial charge >= 0.3 is 12.0 Å². The number of imide groups is 1. The van der Waals surface area contributed by atoms with E-state index in [-0.39, 0.29) is 24.3 Å². The van der Waals surface area contributed by atoms with Crippen molar-refractivity contribution in [3.8, 4) is 0 Å². The lowest BCUT2D eigenvalue weighted by atomic mass is 9.97. The van der Waals surface area contributed by atoms with Gasteiger partial charge in [-0.2, -0.15) is 0 Å². The summed E-state index contributed by atoms with van der Waals surface area (Å²) in [6.07, 6.45) is 2.28. The fourth-order valence-corrected chi connectivity index (χ4v) is 2.38. The summed E-state index contributed by atoms with van der Waals surface area (Å²) in [6, 6.07) is -0.442. The molecule has 120 valence electrons. The minimum atomic E-state index is -0.442. The molecule has 3 amide bonds. The number of likely N-dealkylation sites (tertiary alicyclic amines) is 1. The summed E-state index contributed by atoms with van der Waals surface area (Å²) in [5, 5.41) is 4.91. The van der Waals surface area contributed by atoms with Crippen LogP contribution >= 0.6 is 0 Å². The Hall–Kier alpha value is -1.63. The summed E-state index contributed by atoms with van der Waals surface area (Å²) < 4.78 is 5.01. The molecule has 1 aliphatic heterocycles. The zero-order valence-corrected chi connectivity index (χ0v) is 12.9. The van der Waals surface area contributed by atoms with Crippen LogP contribution in [0.1, 0.15) is 33.1 Å². The predicted octanol–water partition coefficient (Wildman–Crippen LogP) is -0.920. The lowest BCUT2D eigenvalue weighted by Gasteiger charge is -2.27. The van der Waals surface area contributed by atoms with Crippen molar-refractivity contribution in [1.82, 2.24) is 10.6 Å². The first-order valence-electron chi connectivity index (χ1n) is 7.64. The molecule has 0 spiro atoms. The number of quaternary nitrogens is 1. The van der Waals surface area contributed by atoms with Gasteiger partial charge in [-0.3, -0.25) is 14.9 Å². The molecule has 21 heavy (non-hydrogen) atoms. The number of nitrogens with one attached hydrogen (secondary N) is 3. The monoisotopic (exact) mass is 300 g/mol. The molecule has 0 atom stereocenters. The van der Waals surface area contributed by atoms with Crippen LogP contribution in [-0.4, -0.2) is 50.7 Å². The molecule has 0 aromatic rings. The molecule has 0 aromatic heterocycles. The number of piperidine rings is 1. The van der Waals surface area contributed by atoms with Crippen LogP contribution in [0.4, 0.5) is 4.79 Å². The molecule has 1 rings (SSSR count). The zero-order valence-electron chi connectivity index (χ0n) is 12.9. The second kappa shape index (κ2) is 9.33. The van der Waals surface area contributed by atoms with Crippen molar-refractivity contribution >= 4 is 17.9 Å². The summed E-state index contributed by atoms with van der Waals surface area (Å²) in [4.78, 5) is 35.8. The Balaban J connectivity index is 2.24. The van der Waals surface area contributed by atoms with Crippen molar-refractivity contribution in [3.05, 3.63) is 0 Å². The first-order chi connectivity index (χ1) is 10.1. The smallest absolute Gasteiger partial charge is 0.321 e. The molecular formula is C14H26N3O4+. The van der Waals surface area contributed by atoms with Crippen molar-refractivity contribution in [3.63, 3.8) is 0 Å². The van der Waals surface area contributed by atoms with Crippen LogP contribution in [0.5, 0.6) is 0 Å². The van der Waals surface area contributed by atoms with Crippen LogP contribution in [0.15, 0.2) is 0 Å². The Morgan fingerprint density at radius 2 is 1.86 bits per heavy atom. The van der Waals surface area contributed by atoms with E-state index in [0.717, 1.165) is 37.3 Å². The van der Waals surface area contributed by atoms with E-state index in [1.165, 1.54) is 0 Å². The van der Waals surface area contributed by atoms with Gasteiger partial charge in [0.25, 0.3) is 5.91 Å². The van der Waals surface area contributed by atoms with Crippen molar-refractivity contribution in [1.29, 1.82) is 0 Å². The lowest BCUT2D eigenvalue weighted by Crippen LogP contribution is -3.14. The maximum Gasteiger partial charge on any atom is 0.321 e. The van der Waals surface area contributed by atoms with Crippen LogP contribution in [0, 0.1) is 5.92 Å². The molecule has 0 radical (unpaired) electrons. The number of carbonyl (C=O) groups is 3. The zero-order chi connectivity index (χ0) is 15.7. The largest absolute Gasteiger partial charge is 0.466 e. The molecule has 1 fully saturated rings. The van der Waals surface area contributed by atoms with Gasteiger partial charge in [0.2, 0.25) is 0 Å². The van der Waals surface area contributed by atoms with Crippen molar-refractivity contribution in [2.75, 3.05) is 32.8 Å². The average molecular weight is 300 g/mol. The third kappa shape index (κ3) is 6.57. The maximum atomic E-state index is 11.7. The summed E-state index contributed by atoms with van der Waals surface area (Å²) >= 11 is 0. The topological polar surface area (TPSA) is 88.9 Å². The Morgan fingerprint density at radius 1 is 1.19 bits per heavy atom. The minimum Gasteiger partial charge on any atom is -0.466 e. The number of ether oxygens (including phenoxy) is 1. The number of amides is 3. The number of rotatable bonds is 6. The molecule has 0 saturated carbocycles. The van der Waals surface area contributed by atoms with Crippen LogP contribution in [0.3, 0.4) is 0 Å². The van der Waals surface area contributed by atoms with Crippen molar-refractivity contribution in [2.24, 2.45) is 5.92 Å². The Bertz CT molecular complexity index is 365. The molecule has 0 bridgehead atoms. The van der Waals surface area contributed by atoms with Crippen molar-refractivity contribution in [2.45, 2.75) is 33.1 Å². The van der Waals surface area contributed by atoms with E-state index in [1.807, 2.05) is 6.92 Å². The Kier molecular flexibility index (Phi) is 7.74. The van der Waals surface area contributed by atoms with Crippen LogP contribution < -0.4 is 15.5 Å². The lowest BCUT2D eigenvalue weighted by molar-refractivity contribution is -0.897. The summed E-state index contributed by atoms with van der Waals surface area (Å²) in [5.74, 6) is -0.474. The number of hydrogen-bond donors (Lipinski definition) is 3. The maximum absolute atomic E-state index is 11.7. The van der Waals surface area contributed by atoms with E-state index in [0.29, 0.717) is 13.2 Å². The van der Waals surface area contributed by atoms with Gasteiger partial charge in [0.05, 0.1) is 25.6 Å². The molecule has 1 heterocycles. The van der Waals surface area contributed by atoms with Crippen LogP contribution in [0.25, 0.3) is 0 Å². The van der Waals surface area contributed by atoms with E-state index in [9.17, 15) is 14.4 Å². The summed E-state index contributed by atoms with van der Waals surface area (Å²) in [5.41, 5.74) is 0. The number of hydrogen-bond acceptors (Lipinski definition) is 4. The number of esters is 1. The van der Waals surface area contributed by atoms with Gasteiger partial charge in [0.15, 0.2) is 6.54 Å². The van der Waals surface area contributed by atoms with Gasteiger partial charge < -0.3 is 15.0 Å². The highest BCUT2D eigenvalue weighted by atomic mass is 16.5. The second-order valence-electron chi connectivity index (χ2n) is 5.26. The SMILES string of the molecule is CCCNC(=O)NC(=O)C[NH+]1CCC(C(=O)OCC)CC1. The highest BCUT2D eigenvalue weighted by Crippen LogP contribution is 2.11. The van der Waals surface area contributed by atoms with Gasteiger partial charge in [0.1, 0.15) is 0 Å². The number of carbonyl (C=O) groups excluding carboxylic acids is 3. The van der Waals surface area contributed by atoms with E-state index in [4.69, 9.17) is 4.74 Å². The molecule has 0 aliphatic carbocycles. The van der Waals surface area contributed by atoms with Gasteiger partial charge in [0, 0.05) is 19.4 Å². The molecule has 1 aliphatic rings. The van der Waals surface area contributed by atoms with Gasteiger partial charge in [-0.05, 0) is 13.3 Å². The quantitative estimate of drug-likeness (QED) is 0.554. The summed E-state index contributed by atoms with van der Waals surface area (Å²) in [7, 11) is 0. The second-order valence-corrected chi connectivity index (χ2v) is 5.26.